The van der Waals surface area contributed by atoms with Gasteiger partial charge in [0.15, 0.2) is 0 Å². The number of rotatable bonds is 8. The molecule has 1 saturated heterocycles. The van der Waals surface area contributed by atoms with E-state index in [1.54, 1.807) is 54.7 Å². The molecule has 4 aromatic rings. The van der Waals surface area contributed by atoms with Gasteiger partial charge in [0.05, 0.1) is 11.8 Å². The molecule has 0 atom stereocenters. The van der Waals surface area contributed by atoms with Crippen LogP contribution < -0.4 is 15.1 Å². The van der Waals surface area contributed by atoms with Crippen molar-refractivity contribution in [1.29, 1.82) is 0 Å². The molecule has 39 heavy (non-hydrogen) atoms. The molecule has 1 heterocycles. The summed E-state index contributed by atoms with van der Waals surface area (Å²) in [5.41, 5.74) is 6.82. The molecule has 0 aromatic heterocycles. The number of hydrogen-bond donors (Lipinski definition) is 1. The van der Waals surface area contributed by atoms with Gasteiger partial charge >= 0.3 is 5.97 Å². The van der Waals surface area contributed by atoms with E-state index in [2.05, 4.69) is 44.6 Å². The van der Waals surface area contributed by atoms with E-state index in [0.29, 0.717) is 16.9 Å². The Hall–Kier alpha value is -4.75. The summed E-state index contributed by atoms with van der Waals surface area (Å²) in [7, 11) is 0. The molecule has 0 saturated carbocycles. The number of nitrogens with zero attached hydrogens (tertiary/aromatic N) is 3. The Morgan fingerprint density at radius 1 is 0.744 bits per heavy atom. The van der Waals surface area contributed by atoms with Crippen molar-refractivity contribution in [3.05, 3.63) is 131 Å². The molecule has 1 aliphatic rings. The predicted molar refractivity (Wildman–Crippen MR) is 153 cm³/mol. The normalized spacial score (nSPS) is 13.8. The van der Waals surface area contributed by atoms with Gasteiger partial charge in [0, 0.05) is 44.0 Å². The Morgan fingerprint density at radius 2 is 1.38 bits per heavy atom. The van der Waals surface area contributed by atoms with Gasteiger partial charge in [-0.25, -0.2) is 10.2 Å². The zero-order chi connectivity index (χ0) is 26.9. The van der Waals surface area contributed by atoms with Gasteiger partial charge < -0.3 is 9.64 Å². The van der Waals surface area contributed by atoms with Gasteiger partial charge in [0.2, 0.25) is 0 Å². The van der Waals surface area contributed by atoms with Crippen molar-refractivity contribution in [2.75, 3.05) is 31.1 Å². The monoisotopic (exact) mass is 518 g/mol. The van der Waals surface area contributed by atoms with Gasteiger partial charge in [-0.05, 0) is 71.8 Å². The molecule has 0 aliphatic carbocycles. The second-order valence-corrected chi connectivity index (χ2v) is 9.32. The molecule has 0 bridgehead atoms. The molecule has 196 valence electrons. The molecular weight excluding hydrogens is 488 g/mol. The molecule has 1 aliphatic heterocycles. The number of carbonyl (C=O) groups is 2. The van der Waals surface area contributed by atoms with E-state index in [4.69, 9.17) is 4.74 Å². The first kappa shape index (κ1) is 25.9. The van der Waals surface area contributed by atoms with Gasteiger partial charge in [-0.1, -0.05) is 48.5 Å². The lowest BCUT2D eigenvalue weighted by atomic mass is 10.1. The first-order chi connectivity index (χ1) is 19.1. The minimum Gasteiger partial charge on any atom is -0.423 e. The number of amides is 1. The number of para-hydroxylation sites is 1. The summed E-state index contributed by atoms with van der Waals surface area (Å²) in [6.07, 6.45) is 1.55. The summed E-state index contributed by atoms with van der Waals surface area (Å²) in [5, 5.41) is 4.06. The van der Waals surface area contributed by atoms with Crippen LogP contribution in [0.4, 0.5) is 5.69 Å². The lowest BCUT2D eigenvalue weighted by molar-refractivity contribution is 0.0734. The van der Waals surface area contributed by atoms with Crippen molar-refractivity contribution in [1.82, 2.24) is 10.3 Å². The Kier molecular flexibility index (Phi) is 8.41. The molecule has 1 N–H and O–H groups in total. The van der Waals surface area contributed by atoms with E-state index < -0.39 is 5.97 Å². The molecule has 0 unspecified atom stereocenters. The van der Waals surface area contributed by atoms with Crippen molar-refractivity contribution in [2.45, 2.75) is 6.54 Å². The number of hydrogen-bond acceptors (Lipinski definition) is 6. The summed E-state index contributed by atoms with van der Waals surface area (Å²) in [6, 6.07) is 33.9. The number of anilines is 1. The fraction of sp³-hybridized carbons (Fsp3) is 0.156. The van der Waals surface area contributed by atoms with Gasteiger partial charge in [-0.15, -0.1) is 0 Å². The Bertz CT molecular complexity index is 1400. The van der Waals surface area contributed by atoms with Crippen LogP contribution in [0.2, 0.25) is 0 Å². The first-order valence-electron chi connectivity index (χ1n) is 13.0. The number of hydrazone groups is 1. The number of nitrogens with one attached hydrogen (secondary N) is 1. The lowest BCUT2D eigenvalue weighted by Gasteiger charge is -2.36. The summed E-state index contributed by atoms with van der Waals surface area (Å²) in [6.45, 7) is 4.87. The van der Waals surface area contributed by atoms with Crippen molar-refractivity contribution >= 4 is 23.8 Å². The largest absolute Gasteiger partial charge is 0.423 e. The van der Waals surface area contributed by atoms with E-state index in [9.17, 15) is 9.59 Å². The van der Waals surface area contributed by atoms with Crippen LogP contribution in [0.25, 0.3) is 0 Å². The van der Waals surface area contributed by atoms with E-state index >= 15 is 0 Å². The molecular formula is C32H30N4O3. The Balaban J connectivity index is 1.06. The van der Waals surface area contributed by atoms with Crippen LogP contribution in [0.1, 0.15) is 31.8 Å². The maximum absolute atomic E-state index is 12.5. The van der Waals surface area contributed by atoms with Crippen LogP contribution >= 0.6 is 0 Å². The highest BCUT2D eigenvalue weighted by Crippen LogP contribution is 2.17. The average Bonchev–Trinajstić information content (AvgIpc) is 2.99. The second kappa shape index (κ2) is 12.7. The fourth-order valence-electron chi connectivity index (χ4n) is 4.41. The van der Waals surface area contributed by atoms with Gasteiger partial charge in [-0.2, -0.15) is 5.10 Å². The van der Waals surface area contributed by atoms with Crippen molar-refractivity contribution in [2.24, 2.45) is 5.10 Å². The van der Waals surface area contributed by atoms with Crippen molar-refractivity contribution < 1.29 is 14.3 Å². The molecule has 1 fully saturated rings. The van der Waals surface area contributed by atoms with Gasteiger partial charge in [-0.3, -0.25) is 9.69 Å². The predicted octanol–water partition coefficient (Wildman–Crippen LogP) is 4.99. The number of carbonyl (C=O) groups excluding carboxylic acids is 2. The molecule has 5 rings (SSSR count). The van der Waals surface area contributed by atoms with Crippen LogP contribution in [0.3, 0.4) is 0 Å². The van der Waals surface area contributed by atoms with Gasteiger partial charge in [0.1, 0.15) is 5.75 Å². The maximum atomic E-state index is 12.5. The molecule has 7 heteroatoms. The number of piperazine rings is 1. The van der Waals surface area contributed by atoms with Crippen LogP contribution in [-0.4, -0.2) is 49.2 Å². The zero-order valence-electron chi connectivity index (χ0n) is 21.6. The standard InChI is InChI=1S/C32H30N4O3/c37-31(34-33-23-25-13-17-30(18-14-25)39-32(38)28-7-3-1-4-8-28)27-15-11-26(12-16-27)24-35-19-21-36(22-20-35)29-9-5-2-6-10-29/h1-18,23H,19-22,24H2,(H,34,37)/b33-23-. The summed E-state index contributed by atoms with van der Waals surface area (Å²) < 4.78 is 5.38. The Morgan fingerprint density at radius 3 is 2.05 bits per heavy atom. The first-order valence-corrected chi connectivity index (χ1v) is 13.0. The molecule has 1 amide bonds. The third-order valence-corrected chi connectivity index (χ3v) is 6.60. The SMILES string of the molecule is O=C(N/N=C\c1ccc(OC(=O)c2ccccc2)cc1)c1ccc(CN2CCN(c3ccccc3)CC2)cc1. The van der Waals surface area contributed by atoms with Crippen LogP contribution in [0.5, 0.6) is 5.75 Å². The van der Waals surface area contributed by atoms with Crippen LogP contribution in [0, 0.1) is 0 Å². The number of ether oxygens (including phenoxy) is 1. The second-order valence-electron chi connectivity index (χ2n) is 9.32. The van der Waals surface area contributed by atoms with Crippen LogP contribution in [0.15, 0.2) is 114 Å². The average molecular weight is 519 g/mol. The fourth-order valence-corrected chi connectivity index (χ4v) is 4.41. The third-order valence-electron chi connectivity index (χ3n) is 6.60. The smallest absolute Gasteiger partial charge is 0.343 e. The maximum Gasteiger partial charge on any atom is 0.343 e. The summed E-state index contributed by atoms with van der Waals surface area (Å²) in [5.74, 6) is -0.258. The highest BCUT2D eigenvalue weighted by molar-refractivity contribution is 5.95. The van der Waals surface area contributed by atoms with Crippen molar-refractivity contribution in [3.8, 4) is 5.75 Å². The molecule has 4 aromatic carbocycles. The minimum absolute atomic E-state index is 0.275. The van der Waals surface area contributed by atoms with Crippen LogP contribution in [-0.2, 0) is 6.54 Å². The summed E-state index contributed by atoms with van der Waals surface area (Å²) in [4.78, 5) is 29.5. The van der Waals surface area contributed by atoms with E-state index in [-0.39, 0.29) is 5.91 Å². The van der Waals surface area contributed by atoms with E-state index in [1.807, 2.05) is 36.4 Å². The Labute approximate surface area is 228 Å². The highest BCUT2D eigenvalue weighted by Gasteiger charge is 2.17. The third kappa shape index (κ3) is 7.18. The van der Waals surface area contributed by atoms with Crippen molar-refractivity contribution in [3.63, 3.8) is 0 Å². The zero-order valence-corrected chi connectivity index (χ0v) is 21.6. The number of esters is 1. The van der Waals surface area contributed by atoms with E-state index in [0.717, 1.165) is 38.3 Å². The molecule has 0 spiro atoms. The number of benzene rings is 4. The molecule has 7 nitrogen and oxygen atoms in total. The topological polar surface area (TPSA) is 74.2 Å². The molecule has 0 radical (unpaired) electrons. The van der Waals surface area contributed by atoms with Gasteiger partial charge in [0.25, 0.3) is 5.91 Å². The summed E-state index contributed by atoms with van der Waals surface area (Å²) >= 11 is 0. The van der Waals surface area contributed by atoms with E-state index in [1.165, 1.54) is 11.3 Å². The minimum atomic E-state index is -0.416. The highest BCUT2D eigenvalue weighted by atomic mass is 16.5. The lowest BCUT2D eigenvalue weighted by Crippen LogP contribution is -2.45. The quantitative estimate of drug-likeness (QED) is 0.154.